The molecule has 31 heavy (non-hydrogen) atoms. The maximum atomic E-state index is 12.8. The Kier molecular flexibility index (Phi) is 6.13. The number of amides is 4. The Bertz CT molecular complexity index is 1110. The summed E-state index contributed by atoms with van der Waals surface area (Å²) >= 11 is 1.35. The van der Waals surface area contributed by atoms with E-state index in [-0.39, 0.29) is 23.8 Å². The Morgan fingerprint density at radius 3 is 2.61 bits per heavy atom. The summed E-state index contributed by atoms with van der Waals surface area (Å²) < 4.78 is 0.869. The Balaban J connectivity index is 1.38. The molecule has 4 amide bonds. The number of anilines is 3. The molecule has 160 valence electrons. The lowest BCUT2D eigenvalue weighted by atomic mass is 9.97. The van der Waals surface area contributed by atoms with E-state index in [1.165, 1.54) is 18.3 Å². The number of nitrogens with zero attached hydrogens (tertiary/aromatic N) is 2. The van der Waals surface area contributed by atoms with Gasteiger partial charge in [0.25, 0.3) is 0 Å². The van der Waals surface area contributed by atoms with Crippen LogP contribution >= 0.6 is 11.3 Å². The van der Waals surface area contributed by atoms with Gasteiger partial charge < -0.3 is 20.9 Å². The van der Waals surface area contributed by atoms with E-state index in [9.17, 15) is 14.4 Å². The van der Waals surface area contributed by atoms with E-state index in [0.29, 0.717) is 23.9 Å². The third-order valence-electron chi connectivity index (χ3n) is 5.04. The van der Waals surface area contributed by atoms with E-state index in [4.69, 9.17) is 0 Å². The van der Waals surface area contributed by atoms with Crippen molar-refractivity contribution in [3.8, 4) is 0 Å². The molecule has 0 spiro atoms. The molecule has 9 heteroatoms. The molecular weight excluding hydrogens is 414 g/mol. The molecule has 1 atom stereocenters. The third kappa shape index (κ3) is 5.18. The van der Waals surface area contributed by atoms with Gasteiger partial charge in [-0.15, -0.1) is 0 Å². The van der Waals surface area contributed by atoms with Crippen molar-refractivity contribution >= 4 is 55.9 Å². The van der Waals surface area contributed by atoms with Crippen LogP contribution in [0.1, 0.15) is 19.8 Å². The number of urea groups is 1. The fourth-order valence-corrected chi connectivity index (χ4v) is 4.47. The van der Waals surface area contributed by atoms with Gasteiger partial charge in [0.1, 0.15) is 0 Å². The lowest BCUT2D eigenvalue weighted by Crippen LogP contribution is -2.45. The summed E-state index contributed by atoms with van der Waals surface area (Å²) in [5.41, 5.74) is 2.17. The normalized spacial score (nSPS) is 16.0. The largest absolute Gasteiger partial charge is 0.326 e. The predicted molar refractivity (Wildman–Crippen MR) is 122 cm³/mol. The Morgan fingerprint density at radius 2 is 1.84 bits per heavy atom. The van der Waals surface area contributed by atoms with Gasteiger partial charge >= 0.3 is 6.03 Å². The quantitative estimate of drug-likeness (QED) is 0.571. The molecule has 1 unspecified atom stereocenters. The molecule has 1 aromatic heterocycles. The SMILES string of the molecule is CC(=O)Nc1ccc2nc(NC(=O)C3CCCN(C(=O)Nc4ccccc4)C3)sc2c1. The molecular formula is C22H23N5O3S. The van der Waals surface area contributed by atoms with E-state index in [1.807, 2.05) is 42.5 Å². The summed E-state index contributed by atoms with van der Waals surface area (Å²) in [7, 11) is 0. The van der Waals surface area contributed by atoms with Gasteiger partial charge in [-0.25, -0.2) is 9.78 Å². The number of benzene rings is 2. The highest BCUT2D eigenvalue weighted by atomic mass is 32.1. The van der Waals surface area contributed by atoms with E-state index in [1.54, 1.807) is 11.0 Å². The third-order valence-corrected chi connectivity index (χ3v) is 5.98. The fraction of sp³-hybridized carbons (Fsp3) is 0.273. The summed E-state index contributed by atoms with van der Waals surface area (Å²) in [6.45, 7) is 2.44. The second-order valence-electron chi connectivity index (χ2n) is 7.45. The Labute approximate surface area is 183 Å². The fourth-order valence-electron chi connectivity index (χ4n) is 3.57. The number of rotatable bonds is 4. The second kappa shape index (κ2) is 9.13. The first-order valence-corrected chi connectivity index (χ1v) is 10.9. The number of likely N-dealkylation sites (tertiary alicyclic amines) is 1. The van der Waals surface area contributed by atoms with Crippen LogP contribution in [0.4, 0.5) is 21.3 Å². The highest BCUT2D eigenvalue weighted by Crippen LogP contribution is 2.29. The molecule has 1 aliphatic rings. The van der Waals surface area contributed by atoms with Crippen LogP contribution in [0.3, 0.4) is 0 Å². The molecule has 8 nitrogen and oxygen atoms in total. The molecule has 0 bridgehead atoms. The lowest BCUT2D eigenvalue weighted by molar-refractivity contribution is -0.121. The number of carbonyl (C=O) groups excluding carboxylic acids is 3. The van der Waals surface area contributed by atoms with Gasteiger partial charge in [-0.3, -0.25) is 9.59 Å². The topological polar surface area (TPSA) is 103 Å². The number of nitrogens with one attached hydrogen (secondary N) is 3. The van der Waals surface area contributed by atoms with Crippen molar-refractivity contribution < 1.29 is 14.4 Å². The zero-order chi connectivity index (χ0) is 21.8. The van der Waals surface area contributed by atoms with Crippen LogP contribution in [0.25, 0.3) is 10.2 Å². The summed E-state index contributed by atoms with van der Waals surface area (Å²) in [4.78, 5) is 42.8. The molecule has 2 heterocycles. The van der Waals surface area contributed by atoms with Crippen molar-refractivity contribution in [1.82, 2.24) is 9.88 Å². The highest BCUT2D eigenvalue weighted by Gasteiger charge is 2.29. The minimum atomic E-state index is -0.294. The van der Waals surface area contributed by atoms with E-state index < -0.39 is 0 Å². The Hall–Kier alpha value is -3.46. The van der Waals surface area contributed by atoms with Crippen molar-refractivity contribution in [3.63, 3.8) is 0 Å². The van der Waals surface area contributed by atoms with E-state index in [2.05, 4.69) is 20.9 Å². The van der Waals surface area contributed by atoms with Gasteiger partial charge in [-0.2, -0.15) is 0 Å². The van der Waals surface area contributed by atoms with Crippen LogP contribution in [-0.2, 0) is 9.59 Å². The molecule has 0 aliphatic carbocycles. The average Bonchev–Trinajstić information content (AvgIpc) is 3.15. The molecule has 1 fully saturated rings. The first-order chi connectivity index (χ1) is 15.0. The average molecular weight is 438 g/mol. The molecule has 1 saturated heterocycles. The van der Waals surface area contributed by atoms with Gasteiger partial charge in [-0.05, 0) is 43.2 Å². The van der Waals surface area contributed by atoms with Gasteiger partial charge in [0.15, 0.2) is 5.13 Å². The monoisotopic (exact) mass is 437 g/mol. The molecule has 4 rings (SSSR count). The van der Waals surface area contributed by atoms with Crippen LogP contribution < -0.4 is 16.0 Å². The van der Waals surface area contributed by atoms with Crippen LogP contribution in [0.2, 0.25) is 0 Å². The van der Waals surface area contributed by atoms with Crippen molar-refractivity contribution in [2.45, 2.75) is 19.8 Å². The standard InChI is InChI=1S/C22H23N5O3S/c1-14(28)23-17-9-10-18-19(12-17)31-21(25-18)26-20(29)15-6-5-11-27(13-15)22(30)24-16-7-3-2-4-8-16/h2-4,7-10,12,15H,5-6,11,13H2,1H3,(H,23,28)(H,24,30)(H,25,26,29). The van der Waals surface area contributed by atoms with E-state index in [0.717, 1.165) is 28.7 Å². The first kappa shape index (κ1) is 20.8. The van der Waals surface area contributed by atoms with Crippen LogP contribution in [-0.4, -0.2) is 40.8 Å². The summed E-state index contributed by atoms with van der Waals surface area (Å²) in [6, 6.07) is 14.5. The Morgan fingerprint density at radius 1 is 1.03 bits per heavy atom. The van der Waals surface area contributed by atoms with Crippen molar-refractivity contribution in [2.24, 2.45) is 5.92 Å². The number of piperidine rings is 1. The van der Waals surface area contributed by atoms with Gasteiger partial charge in [0.05, 0.1) is 16.1 Å². The summed E-state index contributed by atoms with van der Waals surface area (Å²) in [5, 5.41) is 9.01. The molecule has 3 aromatic rings. The number of aromatic nitrogens is 1. The molecule has 2 aromatic carbocycles. The molecule has 3 N–H and O–H groups in total. The van der Waals surface area contributed by atoms with Crippen LogP contribution in [0.5, 0.6) is 0 Å². The number of hydrogen-bond acceptors (Lipinski definition) is 5. The molecule has 1 aliphatic heterocycles. The first-order valence-electron chi connectivity index (χ1n) is 10.1. The number of carbonyl (C=O) groups is 3. The van der Waals surface area contributed by atoms with Gasteiger partial charge in [-0.1, -0.05) is 29.5 Å². The van der Waals surface area contributed by atoms with Crippen molar-refractivity contribution in [3.05, 3.63) is 48.5 Å². The minimum Gasteiger partial charge on any atom is -0.326 e. The maximum Gasteiger partial charge on any atom is 0.321 e. The minimum absolute atomic E-state index is 0.140. The highest BCUT2D eigenvalue weighted by molar-refractivity contribution is 7.22. The zero-order valence-electron chi connectivity index (χ0n) is 17.1. The van der Waals surface area contributed by atoms with Crippen LogP contribution in [0, 0.1) is 5.92 Å². The van der Waals surface area contributed by atoms with Crippen molar-refractivity contribution in [1.29, 1.82) is 0 Å². The molecule has 0 radical (unpaired) electrons. The van der Waals surface area contributed by atoms with Crippen molar-refractivity contribution in [2.75, 3.05) is 29.0 Å². The number of fused-ring (bicyclic) bond motifs is 1. The van der Waals surface area contributed by atoms with Crippen LogP contribution in [0.15, 0.2) is 48.5 Å². The predicted octanol–water partition coefficient (Wildman–Crippen LogP) is 4.14. The molecule has 0 saturated carbocycles. The van der Waals surface area contributed by atoms with E-state index >= 15 is 0 Å². The lowest BCUT2D eigenvalue weighted by Gasteiger charge is -2.31. The summed E-state index contributed by atoms with van der Waals surface area (Å²) in [5.74, 6) is -0.578. The van der Waals surface area contributed by atoms with Gasteiger partial charge in [0, 0.05) is 31.4 Å². The van der Waals surface area contributed by atoms with Gasteiger partial charge in [0.2, 0.25) is 11.8 Å². The smallest absolute Gasteiger partial charge is 0.321 e. The number of para-hydroxylation sites is 1. The summed E-state index contributed by atoms with van der Waals surface area (Å²) in [6.07, 6.45) is 1.48. The maximum absolute atomic E-state index is 12.8. The number of hydrogen-bond donors (Lipinski definition) is 3. The zero-order valence-corrected chi connectivity index (χ0v) is 17.9. The second-order valence-corrected chi connectivity index (χ2v) is 8.48. The number of thiazole rings is 1.